The zero-order valence-electron chi connectivity index (χ0n) is 16.6. The van der Waals surface area contributed by atoms with Crippen molar-refractivity contribution < 1.29 is 4.79 Å². The summed E-state index contributed by atoms with van der Waals surface area (Å²) in [5.74, 6) is -0.105. The van der Waals surface area contributed by atoms with Gasteiger partial charge in [0.1, 0.15) is 0 Å². The first-order chi connectivity index (χ1) is 14.0. The summed E-state index contributed by atoms with van der Waals surface area (Å²) in [7, 11) is 0. The van der Waals surface area contributed by atoms with Crippen molar-refractivity contribution in [1.29, 1.82) is 0 Å². The Kier molecular flexibility index (Phi) is 5.72. The molecule has 1 saturated carbocycles. The predicted molar refractivity (Wildman–Crippen MR) is 118 cm³/mol. The van der Waals surface area contributed by atoms with E-state index in [1.165, 1.54) is 6.42 Å². The molecule has 1 N–H and O–H groups in total. The van der Waals surface area contributed by atoms with Crippen molar-refractivity contribution in [2.75, 3.05) is 0 Å². The quantitative estimate of drug-likeness (QED) is 0.622. The highest BCUT2D eigenvalue weighted by Gasteiger charge is 2.28. The monoisotopic (exact) mass is 408 g/mol. The van der Waals surface area contributed by atoms with Crippen molar-refractivity contribution in [1.82, 2.24) is 9.88 Å². The number of benzene rings is 2. The number of hydrogen-bond acceptors (Lipinski definition) is 2. The van der Waals surface area contributed by atoms with Crippen LogP contribution >= 0.6 is 11.6 Å². The number of aromatic nitrogens is 1. The second-order valence-corrected chi connectivity index (χ2v) is 8.33. The van der Waals surface area contributed by atoms with Crippen molar-refractivity contribution in [3.63, 3.8) is 0 Å². The average Bonchev–Trinajstić information content (AvgIpc) is 2.73. The van der Waals surface area contributed by atoms with Crippen LogP contribution in [0.1, 0.15) is 53.6 Å². The molecule has 1 fully saturated rings. The molecule has 1 heterocycles. The molecule has 3 aromatic rings. The van der Waals surface area contributed by atoms with Gasteiger partial charge in [0, 0.05) is 17.1 Å². The van der Waals surface area contributed by atoms with Gasteiger partial charge in [-0.05, 0) is 55.5 Å². The number of nitrogens with zero attached hydrogens (tertiary/aromatic N) is 1. The third kappa shape index (κ3) is 4.23. The Morgan fingerprint density at radius 1 is 1.10 bits per heavy atom. The van der Waals surface area contributed by atoms with Gasteiger partial charge in [-0.3, -0.25) is 9.59 Å². The van der Waals surface area contributed by atoms with E-state index in [4.69, 9.17) is 11.6 Å². The second-order valence-electron chi connectivity index (χ2n) is 7.92. The molecule has 5 heteroatoms. The standard InChI is InChI=1S/C24H25ClN2O2/c1-16-11-12-22-17(13-16)14-18(23(28)26-22)15-27(19-7-3-2-4-8-19)24(29)20-9-5-6-10-21(20)25/h5-6,9-14,19H,2-4,7-8,15H2,1H3,(H,26,28). The number of H-pyrrole nitrogens is 1. The first-order valence-electron chi connectivity index (χ1n) is 10.2. The number of amides is 1. The summed E-state index contributed by atoms with van der Waals surface area (Å²) in [4.78, 5) is 31.0. The Labute approximate surface area is 175 Å². The molecule has 150 valence electrons. The van der Waals surface area contributed by atoms with Crippen LogP contribution in [0.4, 0.5) is 0 Å². The van der Waals surface area contributed by atoms with Gasteiger partial charge in [-0.1, -0.05) is 54.6 Å². The summed E-state index contributed by atoms with van der Waals surface area (Å²) in [6, 6.07) is 15.1. The van der Waals surface area contributed by atoms with E-state index >= 15 is 0 Å². The molecule has 0 bridgehead atoms. The van der Waals surface area contributed by atoms with E-state index in [9.17, 15) is 9.59 Å². The molecule has 0 saturated heterocycles. The van der Waals surface area contributed by atoms with Crippen LogP contribution in [0.25, 0.3) is 10.9 Å². The van der Waals surface area contributed by atoms with E-state index in [1.807, 2.05) is 42.2 Å². The Balaban J connectivity index is 1.73. The number of fused-ring (bicyclic) bond motifs is 1. The lowest BCUT2D eigenvalue weighted by molar-refractivity contribution is 0.0613. The number of pyridine rings is 1. The molecule has 0 unspecified atom stereocenters. The molecule has 1 amide bonds. The fourth-order valence-electron chi connectivity index (χ4n) is 4.22. The lowest BCUT2D eigenvalue weighted by Crippen LogP contribution is -2.42. The smallest absolute Gasteiger partial charge is 0.255 e. The Morgan fingerprint density at radius 3 is 2.62 bits per heavy atom. The Bertz CT molecular complexity index is 1100. The van der Waals surface area contributed by atoms with Gasteiger partial charge in [0.25, 0.3) is 11.5 Å². The van der Waals surface area contributed by atoms with Gasteiger partial charge >= 0.3 is 0 Å². The molecule has 0 spiro atoms. The van der Waals surface area contributed by atoms with Gasteiger partial charge in [0.2, 0.25) is 0 Å². The SMILES string of the molecule is Cc1ccc2[nH]c(=O)c(CN(C(=O)c3ccccc3Cl)C3CCCCC3)cc2c1. The van der Waals surface area contributed by atoms with Crippen LogP contribution < -0.4 is 5.56 Å². The summed E-state index contributed by atoms with van der Waals surface area (Å²) >= 11 is 6.32. The van der Waals surface area contributed by atoms with E-state index in [0.717, 1.165) is 42.1 Å². The number of aryl methyl sites for hydroxylation is 1. The lowest BCUT2D eigenvalue weighted by Gasteiger charge is -2.34. The maximum absolute atomic E-state index is 13.4. The van der Waals surface area contributed by atoms with Crippen LogP contribution in [0.2, 0.25) is 5.02 Å². The van der Waals surface area contributed by atoms with Crippen molar-refractivity contribution in [2.45, 2.75) is 51.6 Å². The first-order valence-corrected chi connectivity index (χ1v) is 10.6. The highest BCUT2D eigenvalue weighted by Crippen LogP contribution is 2.27. The topological polar surface area (TPSA) is 53.2 Å². The molecule has 29 heavy (non-hydrogen) atoms. The summed E-state index contributed by atoms with van der Waals surface area (Å²) in [5, 5.41) is 1.43. The van der Waals surface area contributed by atoms with Gasteiger partial charge in [-0.15, -0.1) is 0 Å². The number of carbonyl (C=O) groups is 1. The van der Waals surface area contributed by atoms with Crippen molar-refractivity contribution in [3.05, 3.63) is 80.6 Å². The highest BCUT2D eigenvalue weighted by atomic mass is 35.5. The fraction of sp³-hybridized carbons (Fsp3) is 0.333. The largest absolute Gasteiger partial charge is 0.331 e. The molecule has 1 aliphatic carbocycles. The zero-order valence-corrected chi connectivity index (χ0v) is 17.3. The van der Waals surface area contributed by atoms with Crippen LogP contribution in [0, 0.1) is 6.92 Å². The Morgan fingerprint density at radius 2 is 1.86 bits per heavy atom. The van der Waals surface area contributed by atoms with E-state index < -0.39 is 0 Å². The summed E-state index contributed by atoms with van der Waals surface area (Å²) < 4.78 is 0. The van der Waals surface area contributed by atoms with Gasteiger partial charge < -0.3 is 9.88 Å². The van der Waals surface area contributed by atoms with Crippen LogP contribution in [-0.4, -0.2) is 21.8 Å². The first kappa shape index (κ1) is 19.7. The minimum atomic E-state index is -0.144. The molecule has 0 radical (unpaired) electrons. The molecular weight excluding hydrogens is 384 g/mol. The van der Waals surface area contributed by atoms with Gasteiger partial charge in [-0.2, -0.15) is 0 Å². The predicted octanol–water partition coefficient (Wildman–Crippen LogP) is 5.47. The highest BCUT2D eigenvalue weighted by molar-refractivity contribution is 6.33. The molecule has 1 aromatic heterocycles. The van der Waals surface area contributed by atoms with Crippen molar-refractivity contribution in [2.24, 2.45) is 0 Å². The minimum Gasteiger partial charge on any atom is -0.331 e. The molecule has 0 atom stereocenters. The molecule has 4 nitrogen and oxygen atoms in total. The van der Waals surface area contributed by atoms with Crippen LogP contribution in [-0.2, 0) is 6.54 Å². The number of nitrogens with one attached hydrogen (secondary N) is 1. The molecule has 2 aromatic carbocycles. The maximum Gasteiger partial charge on any atom is 0.255 e. The van der Waals surface area contributed by atoms with E-state index in [2.05, 4.69) is 11.1 Å². The molecule has 0 aliphatic heterocycles. The molecule has 1 aliphatic rings. The maximum atomic E-state index is 13.4. The summed E-state index contributed by atoms with van der Waals surface area (Å²) in [5.41, 5.74) is 2.90. The number of rotatable bonds is 4. The van der Waals surface area contributed by atoms with Crippen LogP contribution in [0.5, 0.6) is 0 Å². The van der Waals surface area contributed by atoms with Crippen molar-refractivity contribution >= 4 is 28.4 Å². The number of halogens is 1. The van der Waals surface area contributed by atoms with Crippen molar-refractivity contribution in [3.8, 4) is 0 Å². The summed E-state index contributed by atoms with van der Waals surface area (Å²) in [6.45, 7) is 2.31. The van der Waals surface area contributed by atoms with Gasteiger partial charge in [-0.25, -0.2) is 0 Å². The number of carbonyl (C=O) groups excluding carboxylic acids is 1. The van der Waals surface area contributed by atoms with Gasteiger partial charge in [0.15, 0.2) is 0 Å². The molecular formula is C24H25ClN2O2. The second kappa shape index (κ2) is 8.42. The number of aromatic amines is 1. The normalized spacial score (nSPS) is 14.8. The number of hydrogen-bond donors (Lipinski definition) is 1. The van der Waals surface area contributed by atoms with Gasteiger partial charge in [0.05, 0.1) is 17.1 Å². The minimum absolute atomic E-state index is 0.105. The Hall–Kier alpha value is -2.59. The molecule has 4 rings (SSSR count). The average molecular weight is 409 g/mol. The lowest BCUT2D eigenvalue weighted by atomic mass is 9.93. The van der Waals surface area contributed by atoms with Crippen LogP contribution in [0.15, 0.2) is 53.3 Å². The van der Waals surface area contributed by atoms with E-state index in [1.54, 1.807) is 12.1 Å². The van der Waals surface area contributed by atoms with Crippen LogP contribution in [0.3, 0.4) is 0 Å². The third-order valence-electron chi connectivity index (χ3n) is 5.80. The summed E-state index contributed by atoms with van der Waals surface area (Å²) in [6.07, 6.45) is 5.32. The third-order valence-corrected chi connectivity index (χ3v) is 6.13. The zero-order chi connectivity index (χ0) is 20.4. The fourth-order valence-corrected chi connectivity index (χ4v) is 4.44. The van der Waals surface area contributed by atoms with E-state index in [0.29, 0.717) is 16.1 Å². The van der Waals surface area contributed by atoms with E-state index in [-0.39, 0.29) is 24.1 Å².